The summed E-state index contributed by atoms with van der Waals surface area (Å²) in [6.07, 6.45) is 1.30. The van der Waals surface area contributed by atoms with Crippen LogP contribution in [0.3, 0.4) is 0 Å². The summed E-state index contributed by atoms with van der Waals surface area (Å²) in [4.78, 5) is 12.9. The smallest absolute Gasteiger partial charge is 0.243 e. The third-order valence-corrected chi connectivity index (χ3v) is 7.28. The zero-order valence-electron chi connectivity index (χ0n) is 18.5. The number of nitrogens with one attached hydrogen (secondary N) is 1. The molecular formula is C23H30N2O6S. The number of methoxy groups -OCH3 is 2. The van der Waals surface area contributed by atoms with E-state index in [-0.39, 0.29) is 23.3 Å². The number of nitrogens with zero attached hydrogens (tertiary/aromatic N) is 1. The molecule has 1 amide bonds. The lowest BCUT2D eigenvalue weighted by Gasteiger charge is -2.31. The van der Waals surface area contributed by atoms with Crippen molar-refractivity contribution in [1.29, 1.82) is 0 Å². The van der Waals surface area contributed by atoms with Crippen molar-refractivity contribution in [3.8, 4) is 11.5 Å². The first-order valence-electron chi connectivity index (χ1n) is 10.6. The predicted octanol–water partition coefficient (Wildman–Crippen LogP) is 2.44. The van der Waals surface area contributed by atoms with Crippen LogP contribution in [0.1, 0.15) is 18.4 Å². The highest BCUT2D eigenvalue weighted by Gasteiger charge is 2.33. The average Bonchev–Trinajstić information content (AvgIpc) is 2.83. The fourth-order valence-corrected chi connectivity index (χ4v) is 5.08. The maximum absolute atomic E-state index is 13.0. The van der Waals surface area contributed by atoms with Gasteiger partial charge in [-0.1, -0.05) is 12.1 Å². The van der Waals surface area contributed by atoms with Gasteiger partial charge in [0, 0.05) is 26.7 Å². The van der Waals surface area contributed by atoms with Crippen molar-refractivity contribution in [3.05, 3.63) is 54.1 Å². The molecule has 1 saturated heterocycles. The zero-order valence-corrected chi connectivity index (χ0v) is 19.3. The van der Waals surface area contributed by atoms with Gasteiger partial charge in [-0.05, 0) is 54.8 Å². The van der Waals surface area contributed by atoms with E-state index in [0.29, 0.717) is 44.9 Å². The predicted molar refractivity (Wildman–Crippen MR) is 120 cm³/mol. The Morgan fingerprint density at radius 3 is 2.38 bits per heavy atom. The van der Waals surface area contributed by atoms with Gasteiger partial charge in [-0.15, -0.1) is 0 Å². The summed E-state index contributed by atoms with van der Waals surface area (Å²) in [6.45, 7) is 1.95. The van der Waals surface area contributed by atoms with E-state index in [4.69, 9.17) is 14.2 Å². The Hall–Kier alpha value is -2.62. The van der Waals surface area contributed by atoms with E-state index < -0.39 is 10.0 Å². The fourth-order valence-electron chi connectivity index (χ4n) is 3.55. The third kappa shape index (κ3) is 6.21. The van der Waals surface area contributed by atoms with Gasteiger partial charge in [-0.25, -0.2) is 8.42 Å². The van der Waals surface area contributed by atoms with E-state index in [9.17, 15) is 13.2 Å². The maximum Gasteiger partial charge on any atom is 0.243 e. The van der Waals surface area contributed by atoms with Crippen molar-refractivity contribution in [2.24, 2.45) is 5.92 Å². The molecule has 1 unspecified atom stereocenters. The molecule has 2 aromatic rings. The number of carbonyl (C=O) groups excluding carboxylic acids is 1. The molecule has 3 rings (SSSR count). The van der Waals surface area contributed by atoms with Crippen LogP contribution in [0.2, 0.25) is 0 Å². The van der Waals surface area contributed by atoms with Gasteiger partial charge < -0.3 is 19.5 Å². The van der Waals surface area contributed by atoms with E-state index in [1.165, 1.54) is 23.5 Å². The molecule has 8 nitrogen and oxygen atoms in total. The normalized spacial score (nSPS) is 17.0. The molecule has 32 heavy (non-hydrogen) atoms. The number of hydrogen-bond donors (Lipinski definition) is 1. The van der Waals surface area contributed by atoms with Crippen LogP contribution < -0.4 is 14.8 Å². The number of amides is 1. The second-order valence-corrected chi connectivity index (χ2v) is 9.52. The van der Waals surface area contributed by atoms with Crippen molar-refractivity contribution in [2.75, 3.05) is 40.5 Å². The van der Waals surface area contributed by atoms with Crippen LogP contribution in [0.5, 0.6) is 11.5 Å². The van der Waals surface area contributed by atoms with Gasteiger partial charge in [0.15, 0.2) is 0 Å². The summed E-state index contributed by atoms with van der Waals surface area (Å²) >= 11 is 0. The highest BCUT2D eigenvalue weighted by Crippen LogP contribution is 2.25. The van der Waals surface area contributed by atoms with Crippen LogP contribution in [-0.4, -0.2) is 59.2 Å². The zero-order chi connectivity index (χ0) is 23.0. The van der Waals surface area contributed by atoms with E-state index in [1.54, 1.807) is 19.2 Å². The van der Waals surface area contributed by atoms with Crippen LogP contribution in [0.25, 0.3) is 0 Å². The van der Waals surface area contributed by atoms with Crippen molar-refractivity contribution < 1.29 is 27.4 Å². The van der Waals surface area contributed by atoms with Crippen LogP contribution in [0.15, 0.2) is 53.4 Å². The molecule has 0 aliphatic carbocycles. The SMILES string of the molecule is COCCOc1ccc(CNC(=O)C2CCCN(S(=O)(=O)c3ccc(OC)cc3)C2)cc1. The van der Waals surface area contributed by atoms with Gasteiger partial charge in [0.25, 0.3) is 0 Å². The van der Waals surface area contributed by atoms with Crippen molar-refractivity contribution in [2.45, 2.75) is 24.3 Å². The molecule has 0 aromatic heterocycles. The lowest BCUT2D eigenvalue weighted by molar-refractivity contribution is -0.126. The summed E-state index contributed by atoms with van der Waals surface area (Å²) in [5.41, 5.74) is 0.941. The van der Waals surface area contributed by atoms with Gasteiger partial charge in [0.2, 0.25) is 15.9 Å². The van der Waals surface area contributed by atoms with Crippen LogP contribution in [0, 0.1) is 5.92 Å². The fraction of sp³-hybridized carbons (Fsp3) is 0.435. The molecule has 1 aliphatic rings. The maximum atomic E-state index is 13.0. The molecule has 1 heterocycles. The standard InChI is InChI=1S/C23H30N2O6S/c1-29-14-15-31-21-7-5-18(6-8-21)16-24-23(26)19-4-3-13-25(17-19)32(27,28)22-11-9-20(30-2)10-12-22/h5-12,19H,3-4,13-17H2,1-2H3,(H,24,26). The summed E-state index contributed by atoms with van der Waals surface area (Å²) in [5.74, 6) is 0.812. The van der Waals surface area contributed by atoms with Crippen molar-refractivity contribution in [3.63, 3.8) is 0 Å². The Morgan fingerprint density at radius 1 is 1.03 bits per heavy atom. The Morgan fingerprint density at radius 2 is 1.72 bits per heavy atom. The topological polar surface area (TPSA) is 94.2 Å². The quantitative estimate of drug-likeness (QED) is 0.545. The average molecular weight is 463 g/mol. The second kappa shape index (κ2) is 11.3. The molecule has 0 saturated carbocycles. The van der Waals surface area contributed by atoms with E-state index >= 15 is 0 Å². The van der Waals surface area contributed by atoms with Crippen LogP contribution in [0.4, 0.5) is 0 Å². The Bertz CT molecular complexity index is 977. The first kappa shape index (κ1) is 24.0. The third-order valence-electron chi connectivity index (χ3n) is 5.40. The van der Waals surface area contributed by atoms with Crippen LogP contribution >= 0.6 is 0 Å². The van der Waals surface area contributed by atoms with Gasteiger partial charge in [0.05, 0.1) is 24.5 Å². The number of hydrogen-bond acceptors (Lipinski definition) is 6. The molecule has 1 atom stereocenters. The monoisotopic (exact) mass is 462 g/mol. The first-order chi connectivity index (χ1) is 15.4. The molecule has 174 valence electrons. The summed E-state index contributed by atoms with van der Waals surface area (Å²) in [5, 5.41) is 2.93. The molecule has 0 bridgehead atoms. The largest absolute Gasteiger partial charge is 0.497 e. The van der Waals surface area contributed by atoms with Gasteiger partial charge in [-0.3, -0.25) is 4.79 Å². The van der Waals surface area contributed by atoms with Gasteiger partial charge >= 0.3 is 0 Å². The van der Waals surface area contributed by atoms with Gasteiger partial charge in [0.1, 0.15) is 18.1 Å². The number of sulfonamides is 1. The highest BCUT2D eigenvalue weighted by molar-refractivity contribution is 7.89. The minimum atomic E-state index is -3.66. The van der Waals surface area contributed by atoms with Crippen LogP contribution in [-0.2, 0) is 26.1 Å². The summed E-state index contributed by atoms with van der Waals surface area (Å²) < 4.78 is 43.0. The molecule has 1 aliphatic heterocycles. The lowest BCUT2D eigenvalue weighted by atomic mass is 9.99. The Labute approximate surface area is 189 Å². The molecular weight excluding hydrogens is 432 g/mol. The summed E-state index contributed by atoms with van der Waals surface area (Å²) in [7, 11) is -0.510. The Kier molecular flexibility index (Phi) is 8.49. The van der Waals surface area contributed by atoms with Crippen molar-refractivity contribution in [1.82, 2.24) is 9.62 Å². The minimum Gasteiger partial charge on any atom is -0.497 e. The number of ether oxygens (including phenoxy) is 3. The minimum absolute atomic E-state index is 0.139. The second-order valence-electron chi connectivity index (χ2n) is 7.58. The molecule has 1 N–H and O–H groups in total. The van der Waals surface area contributed by atoms with Crippen molar-refractivity contribution >= 4 is 15.9 Å². The number of carbonyl (C=O) groups is 1. The number of piperidine rings is 1. The highest BCUT2D eigenvalue weighted by atomic mass is 32.2. The molecule has 1 fully saturated rings. The summed E-state index contributed by atoms with van der Waals surface area (Å²) in [6, 6.07) is 13.8. The molecule has 0 radical (unpaired) electrons. The molecule has 0 spiro atoms. The molecule has 9 heteroatoms. The first-order valence-corrected chi connectivity index (χ1v) is 12.0. The number of benzene rings is 2. The Balaban J connectivity index is 1.54. The van der Waals surface area contributed by atoms with E-state index in [2.05, 4.69) is 5.32 Å². The van der Waals surface area contributed by atoms with E-state index in [0.717, 1.165) is 11.3 Å². The van der Waals surface area contributed by atoms with E-state index in [1.807, 2.05) is 24.3 Å². The lowest BCUT2D eigenvalue weighted by Crippen LogP contribution is -2.45. The molecule has 2 aromatic carbocycles. The number of rotatable bonds is 10. The van der Waals surface area contributed by atoms with Gasteiger partial charge in [-0.2, -0.15) is 4.31 Å².